The fraction of sp³-hybridized carbons (Fsp3) is 0.188. The maximum Gasteiger partial charge on any atom is 0.337 e. The Kier molecular flexibility index (Phi) is 7.72. The highest BCUT2D eigenvalue weighted by Gasteiger charge is 2.32. The van der Waals surface area contributed by atoms with E-state index in [-0.39, 0.29) is 11.5 Å². The first-order chi connectivity index (χ1) is 19.7. The largest absolute Gasteiger partial charge is 0.497 e. The number of hydrogen-bond acceptors (Lipinski definition) is 7. The normalized spacial score (nSPS) is 14.8. The highest BCUT2D eigenvalue weighted by Crippen LogP contribution is 2.32. The first-order valence-corrected chi connectivity index (χ1v) is 13.7. The van der Waals surface area contributed by atoms with Gasteiger partial charge in [-0.2, -0.15) is 0 Å². The fourth-order valence-corrected chi connectivity index (χ4v) is 5.89. The molecule has 8 nitrogen and oxygen atoms in total. The van der Waals surface area contributed by atoms with E-state index in [9.17, 15) is 14.4 Å². The number of benzene rings is 3. The number of carbonyl (C=O) groups is 2. The number of nitrogens with one attached hydrogen (secondary N) is 1. The van der Waals surface area contributed by atoms with Crippen LogP contribution in [0.15, 0.2) is 87.8 Å². The summed E-state index contributed by atoms with van der Waals surface area (Å²) in [6.45, 7) is 5.73. The van der Waals surface area contributed by atoms with Gasteiger partial charge in [0.05, 0.1) is 41.6 Å². The Hall–Kier alpha value is -4.76. The maximum absolute atomic E-state index is 13.9. The van der Waals surface area contributed by atoms with Crippen LogP contribution in [0.3, 0.4) is 0 Å². The van der Waals surface area contributed by atoms with Crippen molar-refractivity contribution in [1.29, 1.82) is 0 Å². The van der Waals surface area contributed by atoms with Gasteiger partial charge in [-0.1, -0.05) is 53.3 Å². The first kappa shape index (κ1) is 27.8. The summed E-state index contributed by atoms with van der Waals surface area (Å²) < 4.78 is 12.1. The molecule has 0 spiro atoms. The third kappa shape index (κ3) is 5.49. The standard InChI is InChI=1S/C32H29N3O5S/c1-18-6-15-25(19(2)16-18)34-29(36)27-20(3)33-32-35(28(27)22-11-13-24(39-4)14-12-22)30(37)26(41-32)17-21-7-9-23(10-8-21)31(38)40-5/h6-17,28H,1-5H3,(H,34,36)/b26-17+/t28-/m0/s1. The minimum atomic E-state index is -0.702. The Labute approximate surface area is 240 Å². The Morgan fingerprint density at radius 2 is 1.68 bits per heavy atom. The first-order valence-electron chi connectivity index (χ1n) is 12.9. The minimum absolute atomic E-state index is 0.268. The number of methoxy groups -OCH3 is 2. The lowest BCUT2D eigenvalue weighted by Gasteiger charge is -2.25. The van der Waals surface area contributed by atoms with E-state index in [1.165, 1.54) is 18.4 Å². The molecule has 0 saturated heterocycles. The lowest BCUT2D eigenvalue weighted by Crippen LogP contribution is -2.40. The van der Waals surface area contributed by atoms with Crippen molar-refractivity contribution >= 4 is 35.0 Å². The van der Waals surface area contributed by atoms with Crippen LogP contribution in [0, 0.1) is 13.8 Å². The molecule has 41 heavy (non-hydrogen) atoms. The molecule has 0 radical (unpaired) electrons. The molecule has 1 aromatic heterocycles. The Bertz CT molecular complexity index is 1870. The van der Waals surface area contributed by atoms with Gasteiger partial charge in [-0.15, -0.1) is 0 Å². The van der Waals surface area contributed by atoms with Crippen LogP contribution < -0.4 is 24.9 Å². The summed E-state index contributed by atoms with van der Waals surface area (Å²) in [5, 5.41) is 3.04. The molecule has 1 atom stereocenters. The predicted molar refractivity (Wildman–Crippen MR) is 159 cm³/mol. The number of esters is 1. The number of thiazole rings is 1. The molecule has 1 N–H and O–H groups in total. The van der Waals surface area contributed by atoms with E-state index in [0.29, 0.717) is 37.6 Å². The number of carbonyl (C=O) groups excluding carboxylic acids is 2. The Balaban J connectivity index is 1.62. The van der Waals surface area contributed by atoms with Gasteiger partial charge in [-0.3, -0.25) is 14.2 Å². The van der Waals surface area contributed by atoms with E-state index >= 15 is 0 Å². The molecule has 1 aliphatic rings. The average molecular weight is 568 g/mol. The van der Waals surface area contributed by atoms with Crippen molar-refractivity contribution < 1.29 is 19.1 Å². The van der Waals surface area contributed by atoms with E-state index < -0.39 is 12.0 Å². The molecule has 0 aliphatic carbocycles. The monoisotopic (exact) mass is 567 g/mol. The molecule has 2 heterocycles. The van der Waals surface area contributed by atoms with Gasteiger partial charge in [0, 0.05) is 5.69 Å². The van der Waals surface area contributed by atoms with Crippen molar-refractivity contribution in [2.24, 2.45) is 4.99 Å². The summed E-state index contributed by atoms with van der Waals surface area (Å²) >= 11 is 1.25. The van der Waals surface area contributed by atoms with E-state index in [1.54, 1.807) is 48.9 Å². The number of allylic oxidation sites excluding steroid dienone is 1. The van der Waals surface area contributed by atoms with Crippen LogP contribution in [0.1, 0.15) is 45.6 Å². The van der Waals surface area contributed by atoms with Crippen molar-refractivity contribution in [2.75, 3.05) is 19.5 Å². The number of rotatable bonds is 6. The lowest BCUT2D eigenvalue weighted by atomic mass is 9.95. The summed E-state index contributed by atoms with van der Waals surface area (Å²) in [7, 11) is 2.91. The van der Waals surface area contributed by atoms with Crippen LogP contribution >= 0.6 is 11.3 Å². The molecular weight excluding hydrogens is 538 g/mol. The second kappa shape index (κ2) is 11.4. The van der Waals surface area contributed by atoms with Crippen LogP contribution in [0.5, 0.6) is 5.75 Å². The number of anilines is 1. The second-order valence-electron chi connectivity index (χ2n) is 9.74. The minimum Gasteiger partial charge on any atom is -0.497 e. The molecule has 5 rings (SSSR count). The predicted octanol–water partition coefficient (Wildman–Crippen LogP) is 4.29. The summed E-state index contributed by atoms with van der Waals surface area (Å²) in [4.78, 5) is 44.7. The van der Waals surface area contributed by atoms with Gasteiger partial charge in [0.15, 0.2) is 4.80 Å². The highest BCUT2D eigenvalue weighted by atomic mass is 32.1. The van der Waals surface area contributed by atoms with Gasteiger partial charge in [0.25, 0.3) is 11.5 Å². The number of nitrogens with zero attached hydrogens (tertiary/aromatic N) is 2. The molecule has 0 fully saturated rings. The Morgan fingerprint density at radius 1 is 0.976 bits per heavy atom. The number of fused-ring (bicyclic) bond motifs is 1. The van der Waals surface area contributed by atoms with Crippen molar-refractivity contribution in [3.63, 3.8) is 0 Å². The zero-order chi connectivity index (χ0) is 29.3. The van der Waals surface area contributed by atoms with Gasteiger partial charge >= 0.3 is 5.97 Å². The number of aryl methyl sites for hydroxylation is 2. The SMILES string of the molecule is COC(=O)c1ccc(/C=c2/sc3n(c2=O)[C@@H](c2ccc(OC)cc2)C(C(=O)Nc2ccc(C)cc2C)=C(C)N=3)cc1. The van der Waals surface area contributed by atoms with Crippen molar-refractivity contribution in [2.45, 2.75) is 26.8 Å². The van der Waals surface area contributed by atoms with Crippen LogP contribution in [-0.2, 0) is 9.53 Å². The quantitative estimate of drug-likeness (QED) is 0.351. The second-order valence-corrected chi connectivity index (χ2v) is 10.8. The number of hydrogen-bond donors (Lipinski definition) is 1. The van der Waals surface area contributed by atoms with Gasteiger partial charge in [-0.05, 0) is 73.9 Å². The molecule has 0 unspecified atom stereocenters. The third-order valence-electron chi connectivity index (χ3n) is 6.96. The molecule has 4 aromatic rings. The highest BCUT2D eigenvalue weighted by molar-refractivity contribution is 7.07. The van der Waals surface area contributed by atoms with Gasteiger partial charge in [-0.25, -0.2) is 9.79 Å². The summed E-state index contributed by atoms with van der Waals surface area (Å²) in [5.41, 5.74) is 5.29. The summed E-state index contributed by atoms with van der Waals surface area (Å²) in [6.07, 6.45) is 1.75. The average Bonchev–Trinajstić information content (AvgIpc) is 3.27. The smallest absolute Gasteiger partial charge is 0.337 e. The van der Waals surface area contributed by atoms with Gasteiger partial charge in [0.1, 0.15) is 5.75 Å². The zero-order valence-electron chi connectivity index (χ0n) is 23.3. The number of aromatic nitrogens is 1. The molecule has 0 saturated carbocycles. The van der Waals surface area contributed by atoms with E-state index in [0.717, 1.165) is 22.3 Å². The fourth-order valence-electron chi connectivity index (χ4n) is 4.84. The molecule has 1 amide bonds. The molecular formula is C32H29N3O5S. The van der Waals surface area contributed by atoms with Crippen LogP contribution in [-0.4, -0.2) is 30.7 Å². The molecule has 208 valence electrons. The molecule has 9 heteroatoms. The van der Waals surface area contributed by atoms with Crippen LogP contribution in [0.2, 0.25) is 0 Å². The van der Waals surface area contributed by atoms with Crippen molar-refractivity contribution in [3.05, 3.63) is 126 Å². The van der Waals surface area contributed by atoms with Gasteiger partial charge in [0.2, 0.25) is 0 Å². The summed E-state index contributed by atoms with van der Waals surface area (Å²) in [6, 6.07) is 19.2. The number of ether oxygens (including phenoxy) is 2. The summed E-state index contributed by atoms with van der Waals surface area (Å²) in [5.74, 6) is -0.0947. The number of amides is 1. The maximum atomic E-state index is 13.9. The topological polar surface area (TPSA) is 99.0 Å². The Morgan fingerprint density at radius 3 is 2.32 bits per heavy atom. The van der Waals surface area contributed by atoms with E-state index in [2.05, 4.69) is 5.32 Å². The molecule has 1 aliphatic heterocycles. The van der Waals surface area contributed by atoms with E-state index in [4.69, 9.17) is 14.5 Å². The van der Waals surface area contributed by atoms with Crippen molar-refractivity contribution in [1.82, 2.24) is 4.57 Å². The zero-order valence-corrected chi connectivity index (χ0v) is 24.2. The molecule has 0 bridgehead atoms. The van der Waals surface area contributed by atoms with Crippen LogP contribution in [0.25, 0.3) is 6.08 Å². The van der Waals surface area contributed by atoms with Crippen LogP contribution in [0.4, 0.5) is 5.69 Å². The van der Waals surface area contributed by atoms with E-state index in [1.807, 2.05) is 56.3 Å². The third-order valence-corrected chi connectivity index (χ3v) is 7.94. The van der Waals surface area contributed by atoms with Gasteiger partial charge < -0.3 is 14.8 Å². The molecule has 3 aromatic carbocycles. The van der Waals surface area contributed by atoms with Crippen molar-refractivity contribution in [3.8, 4) is 5.75 Å². The lowest BCUT2D eigenvalue weighted by molar-refractivity contribution is -0.113.